The van der Waals surface area contributed by atoms with Gasteiger partial charge in [-0.3, -0.25) is 14.5 Å². The molecule has 0 saturated carbocycles. The van der Waals surface area contributed by atoms with E-state index in [4.69, 9.17) is 9.47 Å². The van der Waals surface area contributed by atoms with Crippen LogP contribution in [0.1, 0.15) is 43.7 Å². The van der Waals surface area contributed by atoms with E-state index >= 15 is 0 Å². The van der Waals surface area contributed by atoms with Crippen LogP contribution in [0.3, 0.4) is 0 Å². The zero-order valence-corrected chi connectivity index (χ0v) is 17.3. The second-order valence-electron chi connectivity index (χ2n) is 7.13. The molecular formula is C23H20N2O6. The monoisotopic (exact) mass is 420 g/mol. The fourth-order valence-electron chi connectivity index (χ4n) is 3.75. The molecule has 3 aromatic rings. The number of imide groups is 1. The Kier molecular flexibility index (Phi) is 5.06. The van der Waals surface area contributed by atoms with E-state index in [1.807, 2.05) is 11.6 Å². The summed E-state index contributed by atoms with van der Waals surface area (Å²) in [5.41, 5.74) is 2.43. The van der Waals surface area contributed by atoms with E-state index in [1.54, 1.807) is 56.3 Å². The summed E-state index contributed by atoms with van der Waals surface area (Å²) in [6.07, 6.45) is 0. The van der Waals surface area contributed by atoms with Crippen molar-refractivity contribution in [3.63, 3.8) is 0 Å². The maximum absolute atomic E-state index is 12.5. The van der Waals surface area contributed by atoms with Crippen molar-refractivity contribution >= 4 is 34.7 Å². The van der Waals surface area contributed by atoms with Gasteiger partial charge in [-0.05, 0) is 44.2 Å². The average Bonchev–Trinajstić information content (AvgIpc) is 3.14. The standard InChI is InChI=1S/C23H20N2O6/c1-4-30-23(29)20-13(2)24(3)18-10-9-14(11-17(18)20)31-19(26)12-25-21(27)15-7-5-6-8-16(15)22(25)28/h5-11H,4,12H2,1-3H3. The Morgan fingerprint density at radius 1 is 1.00 bits per heavy atom. The van der Waals surface area contributed by atoms with Crippen LogP contribution >= 0.6 is 0 Å². The summed E-state index contributed by atoms with van der Waals surface area (Å²) < 4.78 is 12.4. The smallest absolute Gasteiger partial charge is 0.340 e. The van der Waals surface area contributed by atoms with Crippen LogP contribution in [-0.2, 0) is 16.6 Å². The van der Waals surface area contributed by atoms with E-state index in [9.17, 15) is 19.2 Å². The highest BCUT2D eigenvalue weighted by molar-refractivity contribution is 6.22. The lowest BCUT2D eigenvalue weighted by atomic mass is 10.1. The number of esters is 2. The number of rotatable bonds is 5. The Morgan fingerprint density at radius 2 is 1.65 bits per heavy atom. The van der Waals surface area contributed by atoms with E-state index in [-0.39, 0.29) is 23.5 Å². The number of hydrogen-bond donors (Lipinski definition) is 0. The maximum Gasteiger partial charge on any atom is 0.340 e. The molecule has 1 aromatic heterocycles. The number of aryl methyl sites for hydroxylation is 1. The summed E-state index contributed by atoms with van der Waals surface area (Å²) in [6, 6.07) is 11.3. The average molecular weight is 420 g/mol. The molecule has 31 heavy (non-hydrogen) atoms. The highest BCUT2D eigenvalue weighted by Crippen LogP contribution is 2.29. The zero-order valence-electron chi connectivity index (χ0n) is 17.3. The normalized spacial score (nSPS) is 12.9. The van der Waals surface area contributed by atoms with Crippen molar-refractivity contribution in [3.8, 4) is 5.75 Å². The van der Waals surface area contributed by atoms with Crippen LogP contribution in [0.15, 0.2) is 42.5 Å². The zero-order chi connectivity index (χ0) is 22.3. The molecule has 0 N–H and O–H groups in total. The maximum atomic E-state index is 12.5. The molecule has 0 atom stereocenters. The molecule has 1 aliphatic heterocycles. The second-order valence-corrected chi connectivity index (χ2v) is 7.13. The Morgan fingerprint density at radius 3 is 2.26 bits per heavy atom. The van der Waals surface area contributed by atoms with E-state index in [0.717, 1.165) is 16.1 Å². The number of aromatic nitrogens is 1. The number of carbonyl (C=O) groups is 4. The number of hydrogen-bond acceptors (Lipinski definition) is 6. The van der Waals surface area contributed by atoms with Crippen LogP contribution in [0.2, 0.25) is 0 Å². The van der Waals surface area contributed by atoms with Crippen LogP contribution < -0.4 is 4.74 Å². The Balaban J connectivity index is 1.57. The molecule has 0 aliphatic carbocycles. The van der Waals surface area contributed by atoms with E-state index < -0.39 is 30.3 Å². The van der Waals surface area contributed by atoms with Crippen LogP contribution in [0.5, 0.6) is 5.75 Å². The molecule has 4 rings (SSSR count). The summed E-state index contributed by atoms with van der Waals surface area (Å²) >= 11 is 0. The van der Waals surface area contributed by atoms with Gasteiger partial charge in [0.25, 0.3) is 11.8 Å². The molecule has 1 aliphatic rings. The van der Waals surface area contributed by atoms with E-state index in [0.29, 0.717) is 10.9 Å². The predicted octanol–water partition coefficient (Wildman–Crippen LogP) is 2.87. The molecule has 0 radical (unpaired) electrons. The molecular weight excluding hydrogens is 400 g/mol. The van der Waals surface area contributed by atoms with Gasteiger partial charge in [0.2, 0.25) is 0 Å². The molecule has 0 bridgehead atoms. The molecule has 0 unspecified atom stereocenters. The van der Waals surface area contributed by atoms with Crippen molar-refractivity contribution in [2.24, 2.45) is 7.05 Å². The van der Waals surface area contributed by atoms with Gasteiger partial charge in [-0.15, -0.1) is 0 Å². The Labute approximate surface area is 178 Å². The van der Waals surface area contributed by atoms with Gasteiger partial charge in [-0.1, -0.05) is 12.1 Å². The first kappa shape index (κ1) is 20.3. The van der Waals surface area contributed by atoms with Crippen molar-refractivity contribution in [2.75, 3.05) is 13.2 Å². The van der Waals surface area contributed by atoms with Gasteiger partial charge in [0, 0.05) is 23.6 Å². The molecule has 2 aromatic carbocycles. The van der Waals surface area contributed by atoms with Crippen LogP contribution in [0.4, 0.5) is 0 Å². The fourth-order valence-corrected chi connectivity index (χ4v) is 3.75. The van der Waals surface area contributed by atoms with Gasteiger partial charge in [-0.25, -0.2) is 9.59 Å². The first-order chi connectivity index (χ1) is 14.8. The minimum atomic E-state index is -0.765. The van der Waals surface area contributed by atoms with Crippen molar-refractivity contribution in [1.82, 2.24) is 9.47 Å². The highest BCUT2D eigenvalue weighted by atomic mass is 16.5. The Bertz CT molecular complexity index is 1220. The van der Waals surface area contributed by atoms with Gasteiger partial charge in [-0.2, -0.15) is 0 Å². The van der Waals surface area contributed by atoms with Crippen molar-refractivity contribution < 1.29 is 28.7 Å². The summed E-state index contributed by atoms with van der Waals surface area (Å²) in [5.74, 6) is -2.09. The number of ether oxygens (including phenoxy) is 2. The number of nitrogens with zero attached hydrogens (tertiary/aromatic N) is 2. The van der Waals surface area contributed by atoms with Gasteiger partial charge >= 0.3 is 11.9 Å². The van der Waals surface area contributed by atoms with Crippen LogP contribution in [0, 0.1) is 6.92 Å². The van der Waals surface area contributed by atoms with Crippen molar-refractivity contribution in [2.45, 2.75) is 13.8 Å². The first-order valence-corrected chi connectivity index (χ1v) is 9.75. The van der Waals surface area contributed by atoms with Crippen LogP contribution in [0.25, 0.3) is 10.9 Å². The van der Waals surface area contributed by atoms with E-state index in [1.165, 1.54) is 0 Å². The summed E-state index contributed by atoms with van der Waals surface area (Å²) in [6.45, 7) is 3.26. The molecule has 2 heterocycles. The largest absolute Gasteiger partial charge is 0.462 e. The quantitative estimate of drug-likeness (QED) is 0.358. The minimum absolute atomic E-state index is 0.199. The van der Waals surface area contributed by atoms with Gasteiger partial charge in [0.05, 0.1) is 23.3 Å². The SMILES string of the molecule is CCOC(=O)c1c(C)n(C)c2ccc(OC(=O)CN3C(=O)c4ccccc4C3=O)cc12. The van der Waals surface area contributed by atoms with Gasteiger partial charge < -0.3 is 14.0 Å². The number of amides is 2. The number of fused-ring (bicyclic) bond motifs is 2. The second kappa shape index (κ2) is 7.71. The third-order valence-corrected chi connectivity index (χ3v) is 5.34. The third kappa shape index (κ3) is 3.35. The topological polar surface area (TPSA) is 94.9 Å². The minimum Gasteiger partial charge on any atom is -0.462 e. The summed E-state index contributed by atoms with van der Waals surface area (Å²) in [7, 11) is 1.83. The van der Waals surface area contributed by atoms with Crippen molar-refractivity contribution in [3.05, 3.63) is 64.8 Å². The van der Waals surface area contributed by atoms with E-state index in [2.05, 4.69) is 0 Å². The molecule has 2 amide bonds. The Hall–Kier alpha value is -3.94. The molecule has 8 heteroatoms. The number of benzene rings is 2. The lowest BCUT2D eigenvalue weighted by Gasteiger charge is -2.13. The lowest BCUT2D eigenvalue weighted by molar-refractivity contribution is -0.134. The van der Waals surface area contributed by atoms with Crippen molar-refractivity contribution in [1.29, 1.82) is 0 Å². The van der Waals surface area contributed by atoms with Gasteiger partial charge in [0.1, 0.15) is 12.3 Å². The van der Waals surface area contributed by atoms with Crippen LogP contribution in [-0.4, -0.2) is 46.4 Å². The molecule has 158 valence electrons. The molecule has 0 saturated heterocycles. The first-order valence-electron chi connectivity index (χ1n) is 9.75. The van der Waals surface area contributed by atoms with Gasteiger partial charge in [0.15, 0.2) is 0 Å². The summed E-state index contributed by atoms with van der Waals surface area (Å²) in [5, 5.41) is 0.587. The predicted molar refractivity (Wildman–Crippen MR) is 111 cm³/mol. The molecule has 0 spiro atoms. The molecule has 0 fully saturated rings. The highest BCUT2D eigenvalue weighted by Gasteiger charge is 2.36. The fraction of sp³-hybridized carbons (Fsp3) is 0.217. The number of carbonyl (C=O) groups excluding carboxylic acids is 4. The summed E-state index contributed by atoms with van der Waals surface area (Å²) in [4.78, 5) is 50.6. The lowest BCUT2D eigenvalue weighted by Crippen LogP contribution is -2.36. The third-order valence-electron chi connectivity index (χ3n) is 5.34. The molecule has 8 nitrogen and oxygen atoms in total.